The molecule has 1 atom stereocenters. The summed E-state index contributed by atoms with van der Waals surface area (Å²) in [5, 5.41) is 0. The normalized spacial score (nSPS) is 28.9. The first kappa shape index (κ1) is 13.3. The third-order valence-corrected chi connectivity index (χ3v) is 4.70. The van der Waals surface area contributed by atoms with Crippen LogP contribution < -0.4 is 5.73 Å². The Hall–Kier alpha value is -0.120. The molecule has 2 fully saturated rings. The van der Waals surface area contributed by atoms with Crippen molar-refractivity contribution in [3.63, 3.8) is 0 Å². The predicted molar refractivity (Wildman–Crippen MR) is 71.0 cm³/mol. The van der Waals surface area contributed by atoms with Crippen LogP contribution in [-0.2, 0) is 4.74 Å². The molecule has 1 saturated carbocycles. The van der Waals surface area contributed by atoms with Crippen molar-refractivity contribution in [3.05, 3.63) is 0 Å². The SMILES string of the molecule is CCOC[C@H]1CN(CCN)CC12CCCCC2. The van der Waals surface area contributed by atoms with E-state index in [1.165, 1.54) is 45.2 Å². The molecule has 1 spiro atoms. The Morgan fingerprint density at radius 1 is 1.29 bits per heavy atom. The van der Waals surface area contributed by atoms with Crippen LogP contribution in [0.1, 0.15) is 39.0 Å². The fourth-order valence-corrected chi connectivity index (χ4v) is 3.81. The van der Waals surface area contributed by atoms with Crippen molar-refractivity contribution in [2.24, 2.45) is 17.1 Å². The van der Waals surface area contributed by atoms with E-state index in [1.807, 2.05) is 0 Å². The van der Waals surface area contributed by atoms with Gasteiger partial charge in [0, 0.05) is 38.7 Å². The summed E-state index contributed by atoms with van der Waals surface area (Å²) in [5.74, 6) is 0.745. The molecule has 2 rings (SSSR count). The number of nitrogens with two attached hydrogens (primary N) is 1. The fraction of sp³-hybridized carbons (Fsp3) is 1.00. The van der Waals surface area contributed by atoms with Crippen molar-refractivity contribution in [2.75, 3.05) is 39.4 Å². The van der Waals surface area contributed by atoms with E-state index in [-0.39, 0.29) is 0 Å². The molecule has 2 N–H and O–H groups in total. The summed E-state index contributed by atoms with van der Waals surface area (Å²) < 4.78 is 5.71. The smallest absolute Gasteiger partial charge is 0.0512 e. The molecule has 0 aromatic rings. The maximum absolute atomic E-state index is 5.71. The number of rotatable bonds is 5. The minimum Gasteiger partial charge on any atom is -0.381 e. The van der Waals surface area contributed by atoms with Crippen LogP contribution >= 0.6 is 0 Å². The highest BCUT2D eigenvalue weighted by Crippen LogP contribution is 2.47. The van der Waals surface area contributed by atoms with E-state index < -0.39 is 0 Å². The molecule has 17 heavy (non-hydrogen) atoms. The van der Waals surface area contributed by atoms with Gasteiger partial charge in [0.2, 0.25) is 0 Å². The molecule has 1 saturated heterocycles. The Kier molecular flexibility index (Phi) is 4.83. The van der Waals surface area contributed by atoms with Gasteiger partial charge < -0.3 is 15.4 Å². The molecule has 1 heterocycles. The van der Waals surface area contributed by atoms with Gasteiger partial charge in [-0.1, -0.05) is 19.3 Å². The summed E-state index contributed by atoms with van der Waals surface area (Å²) in [6, 6.07) is 0. The zero-order chi connectivity index (χ0) is 12.1. The van der Waals surface area contributed by atoms with Gasteiger partial charge >= 0.3 is 0 Å². The van der Waals surface area contributed by atoms with Gasteiger partial charge in [0.05, 0.1) is 6.61 Å². The summed E-state index contributed by atoms with van der Waals surface area (Å²) >= 11 is 0. The molecule has 100 valence electrons. The Morgan fingerprint density at radius 3 is 2.71 bits per heavy atom. The van der Waals surface area contributed by atoms with E-state index in [1.54, 1.807) is 0 Å². The molecular weight excluding hydrogens is 212 g/mol. The Bertz CT molecular complexity index is 226. The number of likely N-dealkylation sites (tertiary alicyclic amines) is 1. The maximum Gasteiger partial charge on any atom is 0.0512 e. The van der Waals surface area contributed by atoms with Crippen LogP contribution in [0.15, 0.2) is 0 Å². The van der Waals surface area contributed by atoms with Gasteiger partial charge in [0.25, 0.3) is 0 Å². The highest BCUT2D eigenvalue weighted by atomic mass is 16.5. The second-order valence-corrected chi connectivity index (χ2v) is 5.80. The number of hydrogen-bond donors (Lipinski definition) is 1. The third-order valence-electron chi connectivity index (χ3n) is 4.70. The minimum atomic E-state index is 0.558. The molecule has 0 radical (unpaired) electrons. The summed E-state index contributed by atoms with van der Waals surface area (Å²) in [5.41, 5.74) is 6.26. The molecule has 0 amide bonds. The third kappa shape index (κ3) is 3.01. The molecule has 3 heteroatoms. The first-order valence-corrected chi connectivity index (χ1v) is 7.31. The van der Waals surface area contributed by atoms with Crippen LogP contribution in [-0.4, -0.2) is 44.3 Å². The van der Waals surface area contributed by atoms with E-state index in [0.29, 0.717) is 5.41 Å². The summed E-state index contributed by atoms with van der Waals surface area (Å²) in [6.45, 7) is 8.22. The van der Waals surface area contributed by atoms with Crippen molar-refractivity contribution in [1.29, 1.82) is 0 Å². The highest BCUT2D eigenvalue weighted by Gasteiger charge is 2.46. The first-order chi connectivity index (χ1) is 8.30. The van der Waals surface area contributed by atoms with Gasteiger partial charge in [-0.25, -0.2) is 0 Å². The van der Waals surface area contributed by atoms with Crippen LogP contribution in [0.4, 0.5) is 0 Å². The topological polar surface area (TPSA) is 38.5 Å². The van der Waals surface area contributed by atoms with Crippen molar-refractivity contribution in [3.8, 4) is 0 Å². The van der Waals surface area contributed by atoms with Crippen molar-refractivity contribution in [2.45, 2.75) is 39.0 Å². The largest absolute Gasteiger partial charge is 0.381 e. The van der Waals surface area contributed by atoms with E-state index in [4.69, 9.17) is 10.5 Å². The molecule has 1 aliphatic heterocycles. The predicted octanol–water partition coefficient (Wildman–Crippen LogP) is 1.86. The molecule has 1 aliphatic carbocycles. The van der Waals surface area contributed by atoms with Crippen LogP contribution in [0.25, 0.3) is 0 Å². The lowest BCUT2D eigenvalue weighted by Gasteiger charge is -2.38. The van der Waals surface area contributed by atoms with Crippen molar-refractivity contribution < 1.29 is 4.74 Å². The standard InChI is InChI=1S/C14H28N2O/c1-2-17-11-13-10-16(9-8-15)12-14(13)6-4-3-5-7-14/h13H,2-12,15H2,1H3/t13-/m1/s1. The van der Waals surface area contributed by atoms with Gasteiger partial charge in [-0.2, -0.15) is 0 Å². The van der Waals surface area contributed by atoms with Crippen LogP contribution in [0, 0.1) is 11.3 Å². The number of ether oxygens (including phenoxy) is 1. The summed E-state index contributed by atoms with van der Waals surface area (Å²) in [7, 11) is 0. The first-order valence-electron chi connectivity index (χ1n) is 7.31. The molecule has 0 unspecified atom stereocenters. The lowest BCUT2D eigenvalue weighted by atomic mass is 9.68. The van der Waals surface area contributed by atoms with Crippen molar-refractivity contribution in [1.82, 2.24) is 4.90 Å². The van der Waals surface area contributed by atoms with Gasteiger partial charge in [-0.05, 0) is 25.2 Å². The molecule has 2 aliphatic rings. The molecule has 0 bridgehead atoms. The average molecular weight is 240 g/mol. The summed E-state index contributed by atoms with van der Waals surface area (Å²) in [4.78, 5) is 2.56. The van der Waals surface area contributed by atoms with Crippen LogP contribution in [0.2, 0.25) is 0 Å². The second kappa shape index (κ2) is 6.17. The van der Waals surface area contributed by atoms with Gasteiger partial charge in [0.15, 0.2) is 0 Å². The fourth-order valence-electron chi connectivity index (χ4n) is 3.81. The molecule has 0 aromatic heterocycles. The molecule has 3 nitrogen and oxygen atoms in total. The quantitative estimate of drug-likeness (QED) is 0.797. The Morgan fingerprint density at radius 2 is 2.06 bits per heavy atom. The average Bonchev–Trinajstić information content (AvgIpc) is 2.66. The number of nitrogens with zero attached hydrogens (tertiary/aromatic N) is 1. The zero-order valence-electron chi connectivity index (χ0n) is 11.3. The lowest BCUT2D eigenvalue weighted by Crippen LogP contribution is -2.35. The van der Waals surface area contributed by atoms with Gasteiger partial charge in [-0.3, -0.25) is 0 Å². The van der Waals surface area contributed by atoms with E-state index in [2.05, 4.69) is 11.8 Å². The Labute approximate surface area is 106 Å². The lowest BCUT2D eigenvalue weighted by molar-refractivity contribution is 0.0467. The highest BCUT2D eigenvalue weighted by molar-refractivity contribution is 4.98. The van der Waals surface area contributed by atoms with Crippen molar-refractivity contribution >= 4 is 0 Å². The minimum absolute atomic E-state index is 0.558. The monoisotopic (exact) mass is 240 g/mol. The van der Waals surface area contributed by atoms with E-state index >= 15 is 0 Å². The maximum atomic E-state index is 5.71. The zero-order valence-corrected chi connectivity index (χ0v) is 11.3. The molecular formula is C14H28N2O. The molecule has 0 aromatic carbocycles. The summed E-state index contributed by atoms with van der Waals surface area (Å²) in [6.07, 6.45) is 7.08. The number of hydrogen-bond acceptors (Lipinski definition) is 3. The van der Waals surface area contributed by atoms with Crippen LogP contribution in [0.3, 0.4) is 0 Å². The van der Waals surface area contributed by atoms with Gasteiger partial charge in [-0.15, -0.1) is 0 Å². The van der Waals surface area contributed by atoms with Crippen LogP contribution in [0.5, 0.6) is 0 Å². The van der Waals surface area contributed by atoms with E-state index in [9.17, 15) is 0 Å². The Balaban J connectivity index is 1.98. The van der Waals surface area contributed by atoms with E-state index in [0.717, 1.165) is 32.2 Å². The van der Waals surface area contributed by atoms with Gasteiger partial charge in [0.1, 0.15) is 0 Å². The second-order valence-electron chi connectivity index (χ2n) is 5.80.